The lowest BCUT2D eigenvalue weighted by atomic mass is 10.1. The Balaban J connectivity index is 2.25. The highest BCUT2D eigenvalue weighted by molar-refractivity contribution is 4.93. The van der Waals surface area contributed by atoms with Crippen LogP contribution >= 0.6 is 0 Å². The van der Waals surface area contributed by atoms with Gasteiger partial charge < -0.3 is 14.6 Å². The molecule has 1 N–H and O–H groups in total. The number of ether oxygens (including phenoxy) is 1. The number of hydrogen-bond acceptors (Lipinski definition) is 3. The van der Waals surface area contributed by atoms with E-state index in [0.29, 0.717) is 5.92 Å². The van der Waals surface area contributed by atoms with Crippen LogP contribution in [0.1, 0.15) is 19.7 Å². The molecule has 1 aromatic rings. The highest BCUT2D eigenvalue weighted by Crippen LogP contribution is 2.06. The summed E-state index contributed by atoms with van der Waals surface area (Å²) in [6, 6.07) is 0. The molecule has 16 heavy (non-hydrogen) atoms. The van der Waals surface area contributed by atoms with E-state index < -0.39 is 0 Å². The Hall–Kier alpha value is -0.870. The molecule has 1 atom stereocenters. The Labute approximate surface area is 98.0 Å². The molecule has 0 amide bonds. The van der Waals surface area contributed by atoms with E-state index >= 15 is 0 Å². The Morgan fingerprint density at radius 2 is 2.38 bits per heavy atom. The third-order valence-electron chi connectivity index (χ3n) is 2.65. The number of methoxy groups -OCH3 is 1. The highest BCUT2D eigenvalue weighted by atomic mass is 16.5. The van der Waals surface area contributed by atoms with Gasteiger partial charge in [-0.1, -0.05) is 6.92 Å². The number of rotatable bonds is 8. The van der Waals surface area contributed by atoms with E-state index in [1.54, 1.807) is 7.11 Å². The van der Waals surface area contributed by atoms with Gasteiger partial charge in [0.05, 0.1) is 6.61 Å². The molecule has 0 radical (unpaired) electrons. The van der Waals surface area contributed by atoms with Gasteiger partial charge >= 0.3 is 0 Å². The second-order valence-corrected chi connectivity index (χ2v) is 4.14. The van der Waals surface area contributed by atoms with Crippen LogP contribution < -0.4 is 5.32 Å². The number of imidazole rings is 1. The van der Waals surface area contributed by atoms with Crippen molar-refractivity contribution >= 4 is 0 Å². The topological polar surface area (TPSA) is 39.1 Å². The molecule has 0 spiro atoms. The van der Waals surface area contributed by atoms with Crippen molar-refractivity contribution in [3.05, 3.63) is 18.2 Å². The Morgan fingerprint density at radius 3 is 3.06 bits per heavy atom. The van der Waals surface area contributed by atoms with Gasteiger partial charge in [0.25, 0.3) is 0 Å². The van der Waals surface area contributed by atoms with E-state index in [2.05, 4.69) is 28.7 Å². The minimum absolute atomic E-state index is 0.601. The zero-order valence-corrected chi connectivity index (χ0v) is 10.6. The van der Waals surface area contributed by atoms with Gasteiger partial charge in [-0.2, -0.15) is 0 Å². The maximum atomic E-state index is 4.99. The molecule has 1 heterocycles. The standard InChI is InChI=1S/C12H23N3O/c1-4-15-7-5-14-12(15)9-11(2)10-13-6-8-16-3/h5,7,11,13H,4,6,8-10H2,1-3H3. The van der Waals surface area contributed by atoms with Crippen molar-refractivity contribution < 1.29 is 4.74 Å². The normalized spacial score (nSPS) is 12.9. The lowest BCUT2D eigenvalue weighted by Gasteiger charge is -2.13. The summed E-state index contributed by atoms with van der Waals surface area (Å²) >= 11 is 0. The zero-order chi connectivity index (χ0) is 11.8. The molecular formula is C12H23N3O. The smallest absolute Gasteiger partial charge is 0.108 e. The maximum Gasteiger partial charge on any atom is 0.108 e. The molecule has 4 nitrogen and oxygen atoms in total. The maximum absolute atomic E-state index is 4.99. The molecule has 1 unspecified atom stereocenters. The van der Waals surface area contributed by atoms with Crippen molar-refractivity contribution in [2.24, 2.45) is 5.92 Å². The van der Waals surface area contributed by atoms with Crippen molar-refractivity contribution in [1.29, 1.82) is 0 Å². The first kappa shape index (κ1) is 13.2. The molecule has 0 saturated carbocycles. The van der Waals surface area contributed by atoms with Gasteiger partial charge in [0.1, 0.15) is 5.82 Å². The van der Waals surface area contributed by atoms with Gasteiger partial charge in [-0.15, -0.1) is 0 Å². The first-order valence-electron chi connectivity index (χ1n) is 5.97. The summed E-state index contributed by atoms with van der Waals surface area (Å²) < 4.78 is 7.19. The summed E-state index contributed by atoms with van der Waals surface area (Å²) in [5, 5.41) is 3.37. The largest absolute Gasteiger partial charge is 0.383 e. The summed E-state index contributed by atoms with van der Waals surface area (Å²) in [4.78, 5) is 4.38. The van der Waals surface area contributed by atoms with Crippen LogP contribution in [-0.2, 0) is 17.7 Å². The molecule has 0 aliphatic rings. The van der Waals surface area contributed by atoms with Crippen molar-refractivity contribution in [3.8, 4) is 0 Å². The van der Waals surface area contributed by atoms with Crippen molar-refractivity contribution in [2.45, 2.75) is 26.8 Å². The average molecular weight is 225 g/mol. The number of nitrogens with one attached hydrogen (secondary N) is 1. The lowest BCUT2D eigenvalue weighted by molar-refractivity contribution is 0.198. The second-order valence-electron chi connectivity index (χ2n) is 4.14. The third kappa shape index (κ3) is 4.33. The Kier molecular flexibility index (Phi) is 6.11. The minimum Gasteiger partial charge on any atom is -0.383 e. The molecule has 0 bridgehead atoms. The van der Waals surface area contributed by atoms with Crippen molar-refractivity contribution in [2.75, 3.05) is 26.8 Å². The summed E-state index contributed by atoms with van der Waals surface area (Å²) in [5.41, 5.74) is 0. The number of hydrogen-bond donors (Lipinski definition) is 1. The fourth-order valence-electron chi connectivity index (χ4n) is 1.72. The third-order valence-corrected chi connectivity index (χ3v) is 2.65. The number of nitrogens with zero attached hydrogens (tertiary/aromatic N) is 2. The van der Waals surface area contributed by atoms with E-state index in [1.807, 2.05) is 12.4 Å². The van der Waals surface area contributed by atoms with Gasteiger partial charge in [-0.25, -0.2) is 4.98 Å². The highest BCUT2D eigenvalue weighted by Gasteiger charge is 2.07. The summed E-state index contributed by atoms with van der Waals surface area (Å²) in [7, 11) is 1.73. The molecule has 1 rings (SSSR count). The predicted octanol–water partition coefficient (Wildman–Crippen LogP) is 1.32. The number of aromatic nitrogens is 2. The van der Waals surface area contributed by atoms with Crippen LogP contribution in [0.3, 0.4) is 0 Å². The van der Waals surface area contributed by atoms with Gasteiger partial charge in [-0.05, 0) is 19.4 Å². The van der Waals surface area contributed by atoms with Crippen LogP contribution in [-0.4, -0.2) is 36.4 Å². The van der Waals surface area contributed by atoms with Crippen molar-refractivity contribution in [1.82, 2.24) is 14.9 Å². The molecule has 4 heteroatoms. The fourth-order valence-corrected chi connectivity index (χ4v) is 1.72. The van der Waals surface area contributed by atoms with Crippen LogP contribution in [0.4, 0.5) is 0 Å². The SMILES string of the molecule is CCn1ccnc1CC(C)CNCCOC. The Bertz CT molecular complexity index is 286. The summed E-state index contributed by atoms with van der Waals surface area (Å²) in [6.07, 6.45) is 4.95. The van der Waals surface area contributed by atoms with Crippen molar-refractivity contribution in [3.63, 3.8) is 0 Å². The first-order chi connectivity index (χ1) is 7.77. The van der Waals surface area contributed by atoms with E-state index in [4.69, 9.17) is 4.74 Å². The zero-order valence-electron chi connectivity index (χ0n) is 10.6. The molecular weight excluding hydrogens is 202 g/mol. The van der Waals surface area contributed by atoms with Gasteiger partial charge in [-0.3, -0.25) is 0 Å². The molecule has 0 aliphatic carbocycles. The molecule has 0 aliphatic heterocycles. The van der Waals surface area contributed by atoms with Gasteiger partial charge in [0.15, 0.2) is 0 Å². The quantitative estimate of drug-likeness (QED) is 0.678. The molecule has 92 valence electrons. The minimum atomic E-state index is 0.601. The van der Waals surface area contributed by atoms with E-state index in [1.165, 1.54) is 5.82 Å². The lowest BCUT2D eigenvalue weighted by Crippen LogP contribution is -2.26. The fraction of sp³-hybridized carbons (Fsp3) is 0.750. The van der Waals surface area contributed by atoms with Crippen LogP contribution in [0, 0.1) is 5.92 Å². The van der Waals surface area contributed by atoms with E-state index in [9.17, 15) is 0 Å². The summed E-state index contributed by atoms with van der Waals surface area (Å²) in [6.45, 7) is 8.10. The molecule has 0 aromatic carbocycles. The monoisotopic (exact) mass is 225 g/mol. The first-order valence-corrected chi connectivity index (χ1v) is 5.97. The van der Waals surface area contributed by atoms with Gasteiger partial charge in [0.2, 0.25) is 0 Å². The van der Waals surface area contributed by atoms with E-state index in [-0.39, 0.29) is 0 Å². The van der Waals surface area contributed by atoms with Crippen LogP contribution in [0.25, 0.3) is 0 Å². The molecule has 0 fully saturated rings. The Morgan fingerprint density at radius 1 is 1.56 bits per heavy atom. The van der Waals surface area contributed by atoms with Crippen LogP contribution in [0.15, 0.2) is 12.4 Å². The second kappa shape index (κ2) is 7.41. The molecule has 1 aromatic heterocycles. The van der Waals surface area contributed by atoms with Crippen LogP contribution in [0.2, 0.25) is 0 Å². The number of aryl methyl sites for hydroxylation is 1. The van der Waals surface area contributed by atoms with Crippen LogP contribution in [0.5, 0.6) is 0 Å². The van der Waals surface area contributed by atoms with E-state index in [0.717, 1.165) is 32.7 Å². The predicted molar refractivity (Wildman–Crippen MR) is 65.5 cm³/mol. The van der Waals surface area contributed by atoms with Gasteiger partial charge in [0, 0.05) is 39.0 Å². The average Bonchev–Trinajstić information content (AvgIpc) is 2.71. The molecule has 0 saturated heterocycles. The summed E-state index contributed by atoms with van der Waals surface area (Å²) in [5.74, 6) is 1.79.